The van der Waals surface area contributed by atoms with Crippen molar-refractivity contribution in [3.8, 4) is 0 Å². The second-order valence-corrected chi connectivity index (χ2v) is 10.2. The monoisotopic (exact) mass is 475 g/mol. The van der Waals surface area contributed by atoms with E-state index in [1.54, 1.807) is 18.3 Å². The Morgan fingerprint density at radius 1 is 1.26 bits per heavy atom. The van der Waals surface area contributed by atoms with E-state index in [1.807, 2.05) is 18.0 Å². The number of nitrogens with two attached hydrogens (primary N) is 2. The Hall–Kier alpha value is -2.74. The summed E-state index contributed by atoms with van der Waals surface area (Å²) in [6.07, 6.45) is 13.5. The quantitative estimate of drug-likeness (QED) is 0.421. The van der Waals surface area contributed by atoms with E-state index in [0.717, 1.165) is 54.8 Å². The molecule has 2 atom stereocenters. The largest absolute Gasteiger partial charge is 0.403 e. The van der Waals surface area contributed by atoms with Gasteiger partial charge in [0.1, 0.15) is 0 Å². The van der Waals surface area contributed by atoms with E-state index >= 15 is 0 Å². The number of nitrogens with zero attached hydrogens (tertiary/aromatic N) is 3. The summed E-state index contributed by atoms with van der Waals surface area (Å²) in [5, 5.41) is 4.51. The predicted octanol–water partition coefficient (Wildman–Crippen LogP) is 2.81. The Labute approximate surface area is 204 Å². The molecule has 1 aliphatic carbocycles. The molecule has 0 spiro atoms. The minimum absolute atomic E-state index is 0.194. The highest BCUT2D eigenvalue weighted by molar-refractivity contribution is 7.99. The van der Waals surface area contributed by atoms with Gasteiger partial charge in [0.25, 0.3) is 0 Å². The van der Waals surface area contributed by atoms with Crippen molar-refractivity contribution in [2.75, 3.05) is 26.5 Å². The first-order valence-corrected chi connectivity index (χ1v) is 13.2. The molecule has 0 bridgehead atoms. The van der Waals surface area contributed by atoms with Gasteiger partial charge in [0.05, 0.1) is 22.8 Å². The number of rotatable bonds is 6. The van der Waals surface area contributed by atoms with Gasteiger partial charge in [-0.15, -0.1) is 0 Å². The fourth-order valence-corrected chi connectivity index (χ4v) is 5.96. The lowest BCUT2D eigenvalue weighted by atomic mass is 9.86. The van der Waals surface area contributed by atoms with Gasteiger partial charge in [0.15, 0.2) is 0 Å². The summed E-state index contributed by atoms with van der Waals surface area (Å²) in [5.41, 5.74) is 11.1. The lowest BCUT2D eigenvalue weighted by molar-refractivity contribution is 0.0545. The SMILES string of the molecule is CSC1C=c2c(c3ncc(/C(=C/N)N(C)N)cc3n2[C@H](c2ccccc2)C2CCOCC2)=CC1. The third-order valence-corrected chi connectivity index (χ3v) is 8.02. The molecule has 1 fully saturated rings. The zero-order chi connectivity index (χ0) is 23.7. The number of benzene rings is 1. The van der Waals surface area contributed by atoms with Crippen LogP contribution in [-0.2, 0) is 4.74 Å². The normalized spacial score (nSPS) is 19.9. The van der Waals surface area contributed by atoms with Crippen molar-refractivity contribution in [2.45, 2.75) is 30.6 Å². The van der Waals surface area contributed by atoms with Crippen LogP contribution in [0.4, 0.5) is 0 Å². The molecule has 1 unspecified atom stereocenters. The van der Waals surface area contributed by atoms with Crippen LogP contribution in [0.15, 0.2) is 48.8 Å². The zero-order valence-electron chi connectivity index (χ0n) is 19.9. The zero-order valence-corrected chi connectivity index (χ0v) is 20.7. The number of aromatic nitrogens is 2. The molecule has 0 saturated carbocycles. The molecule has 0 amide bonds. The topological polar surface area (TPSA) is 82.3 Å². The number of ether oxygens (including phenoxy) is 1. The Kier molecular flexibility index (Phi) is 6.68. The lowest BCUT2D eigenvalue weighted by Gasteiger charge is -2.33. The summed E-state index contributed by atoms with van der Waals surface area (Å²) in [6.45, 7) is 1.61. The molecule has 4 N–H and O–H groups in total. The van der Waals surface area contributed by atoms with E-state index in [-0.39, 0.29) is 6.04 Å². The van der Waals surface area contributed by atoms with Crippen molar-refractivity contribution < 1.29 is 4.74 Å². The predicted molar refractivity (Wildman–Crippen MR) is 142 cm³/mol. The maximum atomic E-state index is 6.08. The molecule has 1 aromatic carbocycles. The molecule has 1 saturated heterocycles. The van der Waals surface area contributed by atoms with Crippen LogP contribution in [0.3, 0.4) is 0 Å². The number of fused-ring (bicyclic) bond motifs is 3. The van der Waals surface area contributed by atoms with Crippen molar-refractivity contribution in [1.29, 1.82) is 0 Å². The third-order valence-electron chi connectivity index (χ3n) is 7.08. The van der Waals surface area contributed by atoms with Crippen molar-refractivity contribution in [2.24, 2.45) is 17.5 Å². The minimum Gasteiger partial charge on any atom is -0.403 e. The van der Waals surface area contributed by atoms with Gasteiger partial charge in [-0.3, -0.25) is 4.98 Å². The van der Waals surface area contributed by atoms with Crippen molar-refractivity contribution >= 4 is 40.6 Å². The molecular formula is C27H33N5OS. The van der Waals surface area contributed by atoms with Crippen LogP contribution in [0.1, 0.15) is 36.4 Å². The molecule has 0 radical (unpaired) electrons. The third kappa shape index (κ3) is 4.13. The van der Waals surface area contributed by atoms with Gasteiger partial charge in [-0.05, 0) is 49.1 Å². The van der Waals surface area contributed by atoms with Crippen molar-refractivity contribution in [1.82, 2.24) is 14.6 Å². The van der Waals surface area contributed by atoms with Gasteiger partial charge < -0.3 is 20.0 Å². The summed E-state index contributed by atoms with van der Waals surface area (Å²) in [7, 11) is 1.80. The fraction of sp³-hybridized carbons (Fsp3) is 0.370. The minimum atomic E-state index is 0.194. The van der Waals surface area contributed by atoms with Gasteiger partial charge in [-0.2, -0.15) is 11.8 Å². The lowest BCUT2D eigenvalue weighted by Crippen LogP contribution is -2.39. The van der Waals surface area contributed by atoms with Crippen LogP contribution in [-0.4, -0.2) is 46.3 Å². The summed E-state index contributed by atoms with van der Waals surface area (Å²) in [6, 6.07) is 13.3. The number of hydrogen-bond donors (Lipinski definition) is 2. The van der Waals surface area contributed by atoms with Crippen LogP contribution < -0.4 is 22.1 Å². The first-order chi connectivity index (χ1) is 16.6. The van der Waals surface area contributed by atoms with Crippen LogP contribution in [0.5, 0.6) is 0 Å². The van der Waals surface area contributed by atoms with E-state index in [9.17, 15) is 0 Å². The highest BCUT2D eigenvalue weighted by Crippen LogP contribution is 2.35. The molecule has 3 aromatic rings. The summed E-state index contributed by atoms with van der Waals surface area (Å²) in [5.74, 6) is 6.56. The number of thioether (sulfide) groups is 1. The second-order valence-electron chi connectivity index (χ2n) is 9.11. The smallest absolute Gasteiger partial charge is 0.0957 e. The molecule has 7 heteroatoms. The Bertz CT molecular complexity index is 1310. The molecule has 34 heavy (non-hydrogen) atoms. The first kappa shape index (κ1) is 23.0. The maximum Gasteiger partial charge on any atom is 0.0957 e. The molecule has 2 aromatic heterocycles. The highest BCUT2D eigenvalue weighted by Gasteiger charge is 2.30. The Morgan fingerprint density at radius 2 is 2.03 bits per heavy atom. The van der Waals surface area contributed by atoms with Gasteiger partial charge in [-0.25, -0.2) is 5.84 Å². The Morgan fingerprint density at radius 3 is 2.71 bits per heavy atom. The van der Waals surface area contributed by atoms with E-state index < -0.39 is 0 Å². The molecule has 3 heterocycles. The van der Waals surface area contributed by atoms with Gasteiger partial charge >= 0.3 is 0 Å². The molecule has 2 aliphatic rings. The van der Waals surface area contributed by atoms with Gasteiger partial charge in [0.2, 0.25) is 0 Å². The fourth-order valence-electron chi connectivity index (χ4n) is 5.41. The van der Waals surface area contributed by atoms with E-state index in [2.05, 4.69) is 59.4 Å². The van der Waals surface area contributed by atoms with E-state index in [1.165, 1.54) is 16.1 Å². The van der Waals surface area contributed by atoms with Crippen molar-refractivity contribution in [3.63, 3.8) is 0 Å². The van der Waals surface area contributed by atoms with Crippen LogP contribution in [0, 0.1) is 5.92 Å². The average molecular weight is 476 g/mol. The molecular weight excluding hydrogens is 442 g/mol. The van der Waals surface area contributed by atoms with Gasteiger partial charge in [-0.1, -0.05) is 36.4 Å². The van der Waals surface area contributed by atoms with Crippen LogP contribution in [0.25, 0.3) is 28.9 Å². The summed E-state index contributed by atoms with van der Waals surface area (Å²) in [4.78, 5) is 4.96. The molecule has 6 nitrogen and oxygen atoms in total. The van der Waals surface area contributed by atoms with Crippen molar-refractivity contribution in [3.05, 3.63) is 70.5 Å². The summed E-state index contributed by atoms with van der Waals surface area (Å²) >= 11 is 1.90. The Balaban J connectivity index is 1.83. The molecule has 5 rings (SSSR count). The number of pyridine rings is 1. The number of hydrogen-bond acceptors (Lipinski definition) is 6. The summed E-state index contributed by atoms with van der Waals surface area (Å²) < 4.78 is 8.29. The standard InChI is InChI=1S/C27H33N5OS/c1-31(29)25(16-28)20-14-24-26(30-17-20)22-9-8-21(34-2)15-23(22)32(24)27(18-6-4-3-5-7-18)19-10-12-33-13-11-19/h3-7,9,14-17,19,21,27H,8,10-13,28-29H2,1-2H3/b25-16-/t21?,27-/m1/s1. The average Bonchev–Trinajstić information content (AvgIpc) is 3.18. The van der Waals surface area contributed by atoms with E-state index in [0.29, 0.717) is 11.2 Å². The molecule has 1 aliphatic heterocycles. The van der Waals surface area contributed by atoms with E-state index in [4.69, 9.17) is 21.3 Å². The maximum absolute atomic E-state index is 6.08. The molecule has 178 valence electrons. The van der Waals surface area contributed by atoms with Crippen LogP contribution in [0.2, 0.25) is 0 Å². The van der Waals surface area contributed by atoms with Gasteiger partial charge in [0, 0.05) is 54.0 Å². The second kappa shape index (κ2) is 9.86. The van der Waals surface area contributed by atoms with Crippen LogP contribution >= 0.6 is 11.8 Å². The number of hydrazine groups is 1. The highest BCUT2D eigenvalue weighted by atomic mass is 32.2. The first-order valence-electron chi connectivity index (χ1n) is 11.9.